The molecule has 1 N–H and O–H groups in total. The molecule has 0 fully saturated rings. The lowest BCUT2D eigenvalue weighted by molar-refractivity contribution is 0.628. The molecule has 7 heteroatoms. The number of halogens is 1. The van der Waals surface area contributed by atoms with Crippen LogP contribution in [0.4, 0.5) is 10.3 Å². The Hall–Kier alpha value is -3.32. The predicted octanol–water partition coefficient (Wildman–Crippen LogP) is 4.58. The summed E-state index contributed by atoms with van der Waals surface area (Å²) in [6.45, 7) is 0.404. The highest BCUT2D eigenvalue weighted by atomic mass is 32.1. The number of benzene rings is 2. The number of hydrogen-bond donors (Lipinski definition) is 1. The lowest BCUT2D eigenvalue weighted by atomic mass is 10.2. The Kier molecular flexibility index (Phi) is 4.88. The van der Waals surface area contributed by atoms with Gasteiger partial charge < -0.3 is 0 Å². The second-order valence-corrected chi connectivity index (χ2v) is 8.35. The summed E-state index contributed by atoms with van der Waals surface area (Å²) in [4.78, 5) is 20.2. The van der Waals surface area contributed by atoms with E-state index in [1.165, 1.54) is 17.0 Å². The van der Waals surface area contributed by atoms with Crippen molar-refractivity contribution in [2.24, 2.45) is 5.10 Å². The fourth-order valence-corrected chi connectivity index (χ4v) is 5.04. The molecule has 0 radical (unpaired) electrons. The van der Waals surface area contributed by atoms with E-state index in [1.807, 2.05) is 30.3 Å². The van der Waals surface area contributed by atoms with Crippen LogP contribution in [0.25, 0.3) is 10.2 Å². The molecule has 0 saturated carbocycles. The fraction of sp³-hybridized carbons (Fsp3) is 0.174. The first-order valence-corrected chi connectivity index (χ1v) is 10.6. The zero-order valence-electron chi connectivity index (χ0n) is 16.1. The van der Waals surface area contributed by atoms with E-state index in [0.717, 1.165) is 46.2 Å². The first kappa shape index (κ1) is 18.7. The van der Waals surface area contributed by atoms with Gasteiger partial charge in [0.1, 0.15) is 10.6 Å². The van der Waals surface area contributed by atoms with Gasteiger partial charge >= 0.3 is 0 Å². The Morgan fingerprint density at radius 3 is 2.73 bits per heavy atom. The van der Waals surface area contributed by atoms with Crippen molar-refractivity contribution in [2.75, 3.05) is 5.43 Å². The number of fused-ring (bicyclic) bond motifs is 3. The number of hydrogen-bond acceptors (Lipinski definition) is 5. The van der Waals surface area contributed by atoms with E-state index in [1.54, 1.807) is 34.3 Å². The summed E-state index contributed by atoms with van der Waals surface area (Å²) in [7, 11) is 0. The van der Waals surface area contributed by atoms with Gasteiger partial charge in [0.15, 0.2) is 0 Å². The quantitative estimate of drug-likeness (QED) is 0.381. The van der Waals surface area contributed by atoms with E-state index in [2.05, 4.69) is 10.5 Å². The van der Waals surface area contributed by atoms with Gasteiger partial charge in [0.2, 0.25) is 5.95 Å². The Morgan fingerprint density at radius 2 is 1.93 bits per heavy atom. The summed E-state index contributed by atoms with van der Waals surface area (Å²) >= 11 is 1.60. The van der Waals surface area contributed by atoms with Gasteiger partial charge in [-0.15, -0.1) is 11.3 Å². The minimum absolute atomic E-state index is 0.0391. The van der Waals surface area contributed by atoms with Crippen LogP contribution in [-0.4, -0.2) is 15.8 Å². The molecule has 4 aromatic rings. The largest absolute Gasteiger partial charge is 0.272 e. The smallest absolute Gasteiger partial charge is 0.264 e. The van der Waals surface area contributed by atoms with Gasteiger partial charge in [-0.25, -0.2) is 14.8 Å². The Labute approximate surface area is 176 Å². The van der Waals surface area contributed by atoms with Gasteiger partial charge in [0, 0.05) is 4.88 Å². The van der Waals surface area contributed by atoms with E-state index in [4.69, 9.17) is 4.98 Å². The Balaban J connectivity index is 1.56. The van der Waals surface area contributed by atoms with Crippen molar-refractivity contribution >= 4 is 33.7 Å². The molecule has 0 atom stereocenters. The standard InChI is InChI=1S/C23H19FN4OS/c24-17-11-9-15(10-12-17)13-25-27-23-26-21-20(18-7-4-8-19(18)30-21)22(29)28(23)14-16-5-2-1-3-6-16/h1-3,5-6,9-13H,4,7-8,14H2,(H,26,27)/b25-13-. The minimum Gasteiger partial charge on any atom is -0.272 e. The molecular formula is C23H19FN4OS. The number of rotatable bonds is 5. The van der Waals surface area contributed by atoms with Gasteiger partial charge in [-0.2, -0.15) is 5.10 Å². The summed E-state index contributed by atoms with van der Waals surface area (Å²) in [6.07, 6.45) is 4.63. The number of nitrogens with zero attached hydrogens (tertiary/aromatic N) is 3. The molecule has 1 aliphatic carbocycles. The Bertz CT molecular complexity index is 1290. The van der Waals surface area contributed by atoms with E-state index in [-0.39, 0.29) is 11.4 Å². The highest BCUT2D eigenvalue weighted by Crippen LogP contribution is 2.35. The second kappa shape index (κ2) is 7.84. The van der Waals surface area contributed by atoms with Crippen molar-refractivity contribution < 1.29 is 4.39 Å². The number of thiophene rings is 1. The number of nitrogens with one attached hydrogen (secondary N) is 1. The molecule has 5 nitrogen and oxygen atoms in total. The van der Waals surface area contributed by atoms with Crippen LogP contribution in [0, 0.1) is 5.82 Å². The molecule has 2 aromatic heterocycles. The van der Waals surface area contributed by atoms with Crippen LogP contribution in [0.5, 0.6) is 0 Å². The molecule has 150 valence electrons. The zero-order chi connectivity index (χ0) is 20.5. The first-order valence-electron chi connectivity index (χ1n) is 9.83. The lowest BCUT2D eigenvalue weighted by Crippen LogP contribution is -2.24. The predicted molar refractivity (Wildman–Crippen MR) is 119 cm³/mol. The van der Waals surface area contributed by atoms with Gasteiger partial charge in [0.05, 0.1) is 18.1 Å². The second-order valence-electron chi connectivity index (χ2n) is 7.27. The Morgan fingerprint density at radius 1 is 1.13 bits per heavy atom. The average molecular weight is 418 g/mol. The molecule has 0 aliphatic heterocycles. The molecule has 30 heavy (non-hydrogen) atoms. The summed E-state index contributed by atoms with van der Waals surface area (Å²) < 4.78 is 14.7. The zero-order valence-corrected chi connectivity index (χ0v) is 17.0. The number of aromatic nitrogens is 2. The van der Waals surface area contributed by atoms with E-state index >= 15 is 0 Å². The molecule has 0 bridgehead atoms. The normalized spacial score (nSPS) is 13.2. The van der Waals surface area contributed by atoms with Crippen molar-refractivity contribution in [3.8, 4) is 0 Å². The minimum atomic E-state index is -0.297. The molecule has 2 heterocycles. The fourth-order valence-electron chi connectivity index (χ4n) is 3.79. The van der Waals surface area contributed by atoms with Crippen LogP contribution >= 0.6 is 11.3 Å². The third kappa shape index (κ3) is 3.52. The van der Waals surface area contributed by atoms with E-state index < -0.39 is 0 Å². The van der Waals surface area contributed by atoms with Crippen molar-refractivity contribution in [1.82, 2.24) is 9.55 Å². The number of aryl methyl sites for hydroxylation is 2. The third-order valence-corrected chi connectivity index (χ3v) is 6.44. The highest BCUT2D eigenvalue weighted by molar-refractivity contribution is 7.18. The molecule has 1 aliphatic rings. The summed E-state index contributed by atoms with van der Waals surface area (Å²) in [5.74, 6) is 0.101. The maximum absolute atomic E-state index is 13.4. The van der Waals surface area contributed by atoms with Crippen molar-refractivity contribution in [1.29, 1.82) is 0 Å². The number of anilines is 1. The summed E-state index contributed by atoms with van der Waals surface area (Å²) in [5.41, 5.74) is 5.81. The molecule has 0 unspecified atom stereocenters. The van der Waals surface area contributed by atoms with Gasteiger partial charge in [-0.05, 0) is 48.1 Å². The van der Waals surface area contributed by atoms with E-state index in [0.29, 0.717) is 12.5 Å². The van der Waals surface area contributed by atoms with Crippen LogP contribution in [-0.2, 0) is 19.4 Å². The van der Waals surface area contributed by atoms with E-state index in [9.17, 15) is 9.18 Å². The van der Waals surface area contributed by atoms with Crippen molar-refractivity contribution in [3.05, 3.63) is 92.3 Å². The van der Waals surface area contributed by atoms with Gasteiger partial charge in [-0.3, -0.25) is 9.36 Å². The van der Waals surface area contributed by atoms with Crippen LogP contribution < -0.4 is 11.0 Å². The summed E-state index contributed by atoms with van der Waals surface area (Å²) in [5, 5.41) is 4.99. The molecule has 0 saturated heterocycles. The molecule has 0 spiro atoms. The highest BCUT2D eigenvalue weighted by Gasteiger charge is 2.23. The van der Waals surface area contributed by atoms with Crippen molar-refractivity contribution in [2.45, 2.75) is 25.8 Å². The monoisotopic (exact) mass is 418 g/mol. The SMILES string of the molecule is O=c1c2c3c(sc2nc(N/N=C\c2ccc(F)cc2)n1Cc1ccccc1)CCC3. The summed E-state index contributed by atoms with van der Waals surface area (Å²) in [6, 6.07) is 15.9. The molecular weight excluding hydrogens is 399 g/mol. The first-order chi connectivity index (χ1) is 14.7. The molecule has 0 amide bonds. The lowest BCUT2D eigenvalue weighted by Gasteiger charge is -2.12. The topological polar surface area (TPSA) is 59.3 Å². The van der Waals surface area contributed by atoms with Gasteiger partial charge in [0.25, 0.3) is 5.56 Å². The maximum Gasteiger partial charge on any atom is 0.264 e. The van der Waals surface area contributed by atoms with Crippen molar-refractivity contribution in [3.63, 3.8) is 0 Å². The maximum atomic E-state index is 13.4. The average Bonchev–Trinajstić information content (AvgIpc) is 3.34. The number of hydrazone groups is 1. The van der Waals surface area contributed by atoms with Gasteiger partial charge in [-0.1, -0.05) is 42.5 Å². The van der Waals surface area contributed by atoms with Crippen LogP contribution in [0.3, 0.4) is 0 Å². The third-order valence-electron chi connectivity index (χ3n) is 5.26. The van der Waals surface area contributed by atoms with Crippen LogP contribution in [0.1, 0.15) is 28.0 Å². The van der Waals surface area contributed by atoms with Crippen LogP contribution in [0.15, 0.2) is 64.5 Å². The molecule has 2 aromatic carbocycles. The van der Waals surface area contributed by atoms with Crippen LogP contribution in [0.2, 0.25) is 0 Å². The molecule has 5 rings (SSSR count).